The molecule has 0 saturated carbocycles. The highest BCUT2D eigenvalue weighted by Gasteiger charge is 2.24. The molecule has 10 heteroatoms. The number of anilines is 2. The van der Waals surface area contributed by atoms with Crippen molar-refractivity contribution < 1.29 is 4.79 Å². The first-order valence-corrected chi connectivity index (χ1v) is 9.96. The second-order valence-corrected chi connectivity index (χ2v) is 7.46. The highest BCUT2D eigenvalue weighted by atomic mass is 16.2. The number of rotatable bonds is 3. The van der Waals surface area contributed by atoms with Gasteiger partial charge in [0.05, 0.1) is 0 Å². The summed E-state index contributed by atoms with van der Waals surface area (Å²) in [6.07, 6.45) is 3.56. The molecule has 2 aliphatic rings. The molecule has 0 atom stereocenters. The van der Waals surface area contributed by atoms with Crippen molar-refractivity contribution in [1.29, 1.82) is 0 Å². The summed E-state index contributed by atoms with van der Waals surface area (Å²) in [7, 11) is 1.43. The second-order valence-electron chi connectivity index (χ2n) is 7.46. The molecule has 4 heterocycles. The maximum Gasteiger partial charge on any atom is 0.329 e. The van der Waals surface area contributed by atoms with Gasteiger partial charge in [-0.15, -0.1) is 10.2 Å². The summed E-state index contributed by atoms with van der Waals surface area (Å²) in [6, 6.07) is 5.01. The van der Waals surface area contributed by atoms with E-state index in [-0.39, 0.29) is 11.5 Å². The number of aromatic nitrogens is 4. The van der Waals surface area contributed by atoms with Crippen molar-refractivity contribution in [2.24, 2.45) is 7.05 Å². The smallest absolute Gasteiger partial charge is 0.329 e. The largest absolute Gasteiger partial charge is 0.355 e. The van der Waals surface area contributed by atoms with Crippen LogP contribution < -0.4 is 21.0 Å². The number of piperazine rings is 1. The van der Waals surface area contributed by atoms with Gasteiger partial charge in [-0.3, -0.25) is 19.1 Å². The number of nitrogens with zero attached hydrogens (tertiary/aromatic N) is 6. The van der Waals surface area contributed by atoms with Crippen LogP contribution in [0.3, 0.4) is 0 Å². The van der Waals surface area contributed by atoms with Crippen LogP contribution in [0.15, 0.2) is 27.8 Å². The van der Waals surface area contributed by atoms with Gasteiger partial charge >= 0.3 is 5.69 Å². The van der Waals surface area contributed by atoms with E-state index in [4.69, 9.17) is 0 Å². The van der Waals surface area contributed by atoms with Crippen molar-refractivity contribution in [1.82, 2.24) is 24.6 Å². The molecule has 2 aromatic heterocycles. The van der Waals surface area contributed by atoms with E-state index in [1.165, 1.54) is 19.5 Å². The van der Waals surface area contributed by atoms with E-state index in [1.807, 2.05) is 11.0 Å². The van der Waals surface area contributed by atoms with E-state index in [2.05, 4.69) is 20.1 Å². The molecule has 0 spiro atoms. The maximum atomic E-state index is 12.8. The molecule has 2 saturated heterocycles. The third-order valence-corrected chi connectivity index (χ3v) is 5.59. The Morgan fingerprint density at radius 2 is 1.66 bits per heavy atom. The van der Waals surface area contributed by atoms with Crippen molar-refractivity contribution in [2.75, 3.05) is 49.1 Å². The monoisotopic (exact) mass is 399 g/mol. The first-order valence-electron chi connectivity index (χ1n) is 9.96. The van der Waals surface area contributed by atoms with Crippen LogP contribution in [-0.2, 0) is 7.05 Å². The van der Waals surface area contributed by atoms with Gasteiger partial charge in [-0.05, 0) is 31.4 Å². The first-order chi connectivity index (χ1) is 14.0. The quantitative estimate of drug-likeness (QED) is 0.763. The lowest BCUT2D eigenvalue weighted by Crippen LogP contribution is -2.50. The van der Waals surface area contributed by atoms with E-state index in [1.54, 1.807) is 11.0 Å². The zero-order valence-corrected chi connectivity index (χ0v) is 16.5. The fourth-order valence-electron chi connectivity index (χ4n) is 3.76. The van der Waals surface area contributed by atoms with Crippen LogP contribution in [-0.4, -0.2) is 69.8 Å². The summed E-state index contributed by atoms with van der Waals surface area (Å²) in [6.45, 7) is 3.96. The highest BCUT2D eigenvalue weighted by molar-refractivity contribution is 5.92. The van der Waals surface area contributed by atoms with Crippen molar-refractivity contribution in [3.05, 3.63) is 44.7 Å². The minimum atomic E-state index is -0.449. The number of nitrogens with one attached hydrogen (secondary N) is 1. The van der Waals surface area contributed by atoms with Crippen LogP contribution >= 0.6 is 0 Å². The van der Waals surface area contributed by atoms with E-state index < -0.39 is 5.69 Å². The average Bonchev–Trinajstić information content (AvgIpc) is 2.77. The molecule has 10 nitrogen and oxygen atoms in total. The lowest BCUT2D eigenvalue weighted by Gasteiger charge is -2.35. The van der Waals surface area contributed by atoms with Gasteiger partial charge in [0.25, 0.3) is 11.5 Å². The minimum absolute atomic E-state index is 0.153. The van der Waals surface area contributed by atoms with Crippen LogP contribution in [0.2, 0.25) is 0 Å². The van der Waals surface area contributed by atoms with Gasteiger partial charge in [-0.1, -0.05) is 0 Å². The zero-order valence-electron chi connectivity index (χ0n) is 16.5. The van der Waals surface area contributed by atoms with Crippen molar-refractivity contribution in [3.8, 4) is 0 Å². The van der Waals surface area contributed by atoms with Crippen LogP contribution in [0.25, 0.3) is 0 Å². The Labute approximate surface area is 167 Å². The summed E-state index contributed by atoms with van der Waals surface area (Å²) in [4.78, 5) is 44.9. The predicted octanol–water partition coefficient (Wildman–Crippen LogP) is -0.184. The molecule has 1 N–H and O–H groups in total. The SMILES string of the molecule is Cn1c(=O)cc(N2CCN(C(=O)c3ccc(N4CCCCC4)nn3)CC2)[nH]c1=O. The number of aromatic amines is 1. The molecule has 0 unspecified atom stereocenters. The molecule has 0 aromatic carbocycles. The van der Waals surface area contributed by atoms with Gasteiger partial charge in [-0.2, -0.15) is 0 Å². The molecule has 154 valence electrons. The summed E-state index contributed by atoms with van der Waals surface area (Å²) < 4.78 is 1.02. The van der Waals surface area contributed by atoms with E-state index in [0.717, 1.165) is 36.3 Å². The molecule has 2 aliphatic heterocycles. The fraction of sp³-hybridized carbons (Fsp3) is 0.526. The third-order valence-electron chi connectivity index (χ3n) is 5.59. The third kappa shape index (κ3) is 4.01. The maximum absolute atomic E-state index is 12.8. The first kappa shape index (κ1) is 19.2. The molecule has 2 aromatic rings. The summed E-state index contributed by atoms with van der Waals surface area (Å²) in [5, 5.41) is 8.40. The summed E-state index contributed by atoms with van der Waals surface area (Å²) in [5.74, 6) is 1.15. The van der Waals surface area contributed by atoms with E-state index >= 15 is 0 Å². The number of H-pyrrole nitrogens is 1. The van der Waals surface area contributed by atoms with Crippen molar-refractivity contribution in [3.63, 3.8) is 0 Å². The van der Waals surface area contributed by atoms with Crippen LogP contribution in [0.4, 0.5) is 11.6 Å². The molecule has 0 aliphatic carbocycles. The van der Waals surface area contributed by atoms with Gasteiger partial charge in [0.2, 0.25) is 0 Å². The molecule has 0 bridgehead atoms. The number of amides is 1. The van der Waals surface area contributed by atoms with Crippen molar-refractivity contribution >= 4 is 17.5 Å². The average molecular weight is 399 g/mol. The summed E-state index contributed by atoms with van der Waals surface area (Å²) >= 11 is 0. The molecule has 29 heavy (non-hydrogen) atoms. The number of hydrogen-bond donors (Lipinski definition) is 1. The molecule has 0 radical (unpaired) electrons. The molecular formula is C19H25N7O3. The number of carbonyl (C=O) groups is 1. The molecule has 4 rings (SSSR count). The van der Waals surface area contributed by atoms with Gasteiger partial charge in [0.1, 0.15) is 5.82 Å². The van der Waals surface area contributed by atoms with Crippen LogP contribution in [0.1, 0.15) is 29.8 Å². The van der Waals surface area contributed by atoms with Crippen molar-refractivity contribution in [2.45, 2.75) is 19.3 Å². The molecule has 1 amide bonds. The Balaban J connectivity index is 1.39. The second kappa shape index (κ2) is 8.06. The topological polar surface area (TPSA) is 107 Å². The minimum Gasteiger partial charge on any atom is -0.355 e. The predicted molar refractivity (Wildman–Crippen MR) is 109 cm³/mol. The Hall–Kier alpha value is -3.17. The van der Waals surface area contributed by atoms with E-state index in [0.29, 0.717) is 37.7 Å². The van der Waals surface area contributed by atoms with Gasteiger partial charge in [0.15, 0.2) is 11.5 Å². The summed E-state index contributed by atoms with van der Waals surface area (Å²) in [5.41, 5.74) is -0.470. The lowest BCUT2D eigenvalue weighted by molar-refractivity contribution is 0.0739. The standard InChI is InChI=1S/C19H25N7O3/c1-23-17(27)13-16(20-19(23)29)25-9-11-26(12-10-25)18(28)14-5-6-15(22-21-14)24-7-3-2-4-8-24/h5-6,13H,2-4,7-12H2,1H3,(H,20,29). The van der Waals surface area contributed by atoms with Gasteiger partial charge in [0, 0.05) is 52.4 Å². The number of piperidine rings is 1. The molecule has 2 fully saturated rings. The number of carbonyl (C=O) groups excluding carboxylic acids is 1. The Bertz CT molecular complexity index is 953. The van der Waals surface area contributed by atoms with Crippen LogP contribution in [0.5, 0.6) is 0 Å². The van der Waals surface area contributed by atoms with E-state index in [9.17, 15) is 14.4 Å². The van der Waals surface area contributed by atoms with Gasteiger partial charge < -0.3 is 14.7 Å². The highest BCUT2D eigenvalue weighted by Crippen LogP contribution is 2.17. The molecular weight excluding hydrogens is 374 g/mol. The normalized spacial score (nSPS) is 17.5. The van der Waals surface area contributed by atoms with Gasteiger partial charge in [-0.25, -0.2) is 4.79 Å². The van der Waals surface area contributed by atoms with Crippen LogP contribution in [0, 0.1) is 0 Å². The fourth-order valence-corrected chi connectivity index (χ4v) is 3.76. The zero-order chi connectivity index (χ0) is 20.4. The Morgan fingerprint density at radius 3 is 2.28 bits per heavy atom. The number of hydrogen-bond acceptors (Lipinski definition) is 7. The Kier molecular flexibility index (Phi) is 5.32. The Morgan fingerprint density at radius 1 is 0.931 bits per heavy atom. The lowest BCUT2D eigenvalue weighted by atomic mass is 10.1.